The predicted octanol–water partition coefficient (Wildman–Crippen LogP) is 4.35. The summed E-state index contributed by atoms with van der Waals surface area (Å²) in [6, 6.07) is 7.31. The van der Waals surface area contributed by atoms with E-state index in [0.29, 0.717) is 12.0 Å². The van der Waals surface area contributed by atoms with Crippen molar-refractivity contribution in [2.24, 2.45) is 5.92 Å². The summed E-state index contributed by atoms with van der Waals surface area (Å²) in [7, 11) is 1.98. The van der Waals surface area contributed by atoms with Crippen molar-refractivity contribution in [1.82, 2.24) is 9.88 Å². The van der Waals surface area contributed by atoms with Gasteiger partial charge in [0, 0.05) is 29.5 Å². The first-order valence-corrected chi connectivity index (χ1v) is 7.57. The summed E-state index contributed by atoms with van der Waals surface area (Å²) in [6.45, 7) is 5.14. The van der Waals surface area contributed by atoms with Crippen molar-refractivity contribution in [2.75, 3.05) is 7.05 Å². The Morgan fingerprint density at radius 1 is 1.30 bits per heavy atom. The van der Waals surface area contributed by atoms with E-state index >= 15 is 0 Å². The van der Waals surface area contributed by atoms with Crippen LogP contribution in [0.15, 0.2) is 41.1 Å². The molecule has 0 aliphatic carbocycles. The molecule has 1 atom stereocenters. The van der Waals surface area contributed by atoms with Gasteiger partial charge in [-0.25, -0.2) is 4.39 Å². The molecule has 1 heterocycles. The smallest absolute Gasteiger partial charge is 0.124 e. The SMILES string of the molecule is CNC(c1ccn(Cc2ccc(F)cc2Br)c1)C(C)C. The zero-order valence-electron chi connectivity index (χ0n) is 12.0. The molecule has 0 fully saturated rings. The third-order valence-corrected chi connectivity index (χ3v) is 4.22. The number of rotatable bonds is 5. The molecule has 0 radical (unpaired) electrons. The van der Waals surface area contributed by atoms with Gasteiger partial charge in [0.25, 0.3) is 0 Å². The van der Waals surface area contributed by atoms with E-state index in [1.54, 1.807) is 0 Å². The second-order valence-corrected chi connectivity index (χ2v) is 6.22. The van der Waals surface area contributed by atoms with Gasteiger partial charge in [-0.05, 0) is 42.3 Å². The lowest BCUT2D eigenvalue weighted by Gasteiger charge is -2.18. The zero-order valence-corrected chi connectivity index (χ0v) is 13.6. The second kappa shape index (κ2) is 6.55. The molecule has 0 saturated heterocycles. The summed E-state index contributed by atoms with van der Waals surface area (Å²) in [6.07, 6.45) is 4.22. The minimum absolute atomic E-state index is 0.219. The van der Waals surface area contributed by atoms with Crippen LogP contribution in [0.2, 0.25) is 0 Å². The van der Waals surface area contributed by atoms with Gasteiger partial charge >= 0.3 is 0 Å². The number of hydrogen-bond donors (Lipinski definition) is 1. The van der Waals surface area contributed by atoms with Crippen LogP contribution >= 0.6 is 15.9 Å². The lowest BCUT2D eigenvalue weighted by atomic mass is 9.99. The average molecular weight is 339 g/mol. The molecule has 0 aliphatic heterocycles. The first-order chi connectivity index (χ1) is 9.51. The van der Waals surface area contributed by atoms with E-state index < -0.39 is 0 Å². The van der Waals surface area contributed by atoms with E-state index in [1.165, 1.54) is 17.7 Å². The molecule has 2 rings (SSSR count). The number of nitrogens with one attached hydrogen (secondary N) is 1. The van der Waals surface area contributed by atoms with Crippen LogP contribution in [0.3, 0.4) is 0 Å². The van der Waals surface area contributed by atoms with Crippen LogP contribution in [0, 0.1) is 11.7 Å². The van der Waals surface area contributed by atoms with E-state index in [4.69, 9.17) is 0 Å². The topological polar surface area (TPSA) is 17.0 Å². The fourth-order valence-electron chi connectivity index (χ4n) is 2.47. The monoisotopic (exact) mass is 338 g/mol. The van der Waals surface area contributed by atoms with Crippen molar-refractivity contribution >= 4 is 15.9 Å². The molecule has 1 unspecified atom stereocenters. The van der Waals surface area contributed by atoms with Crippen molar-refractivity contribution in [3.05, 3.63) is 58.1 Å². The van der Waals surface area contributed by atoms with E-state index in [0.717, 1.165) is 16.6 Å². The lowest BCUT2D eigenvalue weighted by molar-refractivity contribution is 0.443. The van der Waals surface area contributed by atoms with Gasteiger partial charge in [-0.3, -0.25) is 0 Å². The van der Waals surface area contributed by atoms with E-state index in [9.17, 15) is 4.39 Å². The van der Waals surface area contributed by atoms with Crippen molar-refractivity contribution in [1.29, 1.82) is 0 Å². The Hall–Kier alpha value is -1.13. The van der Waals surface area contributed by atoms with Gasteiger partial charge in [0.1, 0.15) is 5.82 Å². The molecule has 0 amide bonds. The quantitative estimate of drug-likeness (QED) is 0.857. The maximum atomic E-state index is 13.1. The fourth-order valence-corrected chi connectivity index (χ4v) is 2.95. The van der Waals surface area contributed by atoms with Gasteiger partial charge in [0.2, 0.25) is 0 Å². The van der Waals surface area contributed by atoms with E-state index in [1.807, 2.05) is 13.1 Å². The van der Waals surface area contributed by atoms with Crippen LogP contribution < -0.4 is 5.32 Å². The average Bonchev–Trinajstić information content (AvgIpc) is 2.81. The molecule has 2 aromatic rings. The molecule has 2 nitrogen and oxygen atoms in total. The maximum Gasteiger partial charge on any atom is 0.124 e. The highest BCUT2D eigenvalue weighted by Gasteiger charge is 2.14. The van der Waals surface area contributed by atoms with E-state index in [-0.39, 0.29) is 5.82 Å². The highest BCUT2D eigenvalue weighted by molar-refractivity contribution is 9.10. The Morgan fingerprint density at radius 3 is 2.65 bits per heavy atom. The summed E-state index contributed by atoms with van der Waals surface area (Å²) >= 11 is 3.41. The molecule has 0 aliphatic rings. The van der Waals surface area contributed by atoms with Gasteiger partial charge in [-0.1, -0.05) is 35.8 Å². The van der Waals surface area contributed by atoms with Crippen LogP contribution in [0.5, 0.6) is 0 Å². The van der Waals surface area contributed by atoms with Crippen molar-refractivity contribution in [3.63, 3.8) is 0 Å². The van der Waals surface area contributed by atoms with Crippen LogP contribution in [-0.2, 0) is 6.54 Å². The lowest BCUT2D eigenvalue weighted by Crippen LogP contribution is -2.21. The summed E-state index contributed by atoms with van der Waals surface area (Å²) in [4.78, 5) is 0. The van der Waals surface area contributed by atoms with E-state index in [2.05, 4.69) is 58.1 Å². The molecule has 1 aromatic heterocycles. The molecular weight excluding hydrogens is 319 g/mol. The number of benzene rings is 1. The zero-order chi connectivity index (χ0) is 14.7. The van der Waals surface area contributed by atoms with Gasteiger partial charge < -0.3 is 9.88 Å². The Balaban J connectivity index is 2.17. The Morgan fingerprint density at radius 2 is 2.05 bits per heavy atom. The van der Waals surface area contributed by atoms with Gasteiger partial charge in [0.15, 0.2) is 0 Å². The number of hydrogen-bond acceptors (Lipinski definition) is 1. The third kappa shape index (κ3) is 3.49. The van der Waals surface area contributed by atoms with Crippen molar-refractivity contribution in [3.8, 4) is 0 Å². The minimum atomic E-state index is -0.219. The normalized spacial score (nSPS) is 12.9. The molecule has 1 N–H and O–H groups in total. The maximum absolute atomic E-state index is 13.1. The summed E-state index contributed by atoms with van der Waals surface area (Å²) in [5, 5.41) is 3.34. The molecule has 0 bridgehead atoms. The molecular formula is C16H20BrFN2. The fraction of sp³-hybridized carbons (Fsp3) is 0.375. The van der Waals surface area contributed by atoms with Crippen molar-refractivity contribution < 1.29 is 4.39 Å². The standard InChI is InChI=1S/C16H20BrFN2/c1-11(2)16(19-3)13-6-7-20(10-13)9-12-4-5-14(18)8-15(12)17/h4-8,10-11,16,19H,9H2,1-3H3. The summed E-state index contributed by atoms with van der Waals surface area (Å²) < 4.78 is 16.0. The van der Waals surface area contributed by atoms with Gasteiger partial charge in [-0.15, -0.1) is 0 Å². The first kappa shape index (κ1) is 15.3. The van der Waals surface area contributed by atoms with Crippen LogP contribution in [0.1, 0.15) is 31.0 Å². The van der Waals surface area contributed by atoms with Crippen LogP contribution in [-0.4, -0.2) is 11.6 Å². The summed E-state index contributed by atoms with van der Waals surface area (Å²) in [5.74, 6) is 0.317. The second-order valence-electron chi connectivity index (χ2n) is 5.36. The van der Waals surface area contributed by atoms with Crippen LogP contribution in [0.25, 0.3) is 0 Å². The largest absolute Gasteiger partial charge is 0.350 e. The molecule has 0 spiro atoms. The number of nitrogens with zero attached hydrogens (tertiary/aromatic N) is 1. The predicted molar refractivity (Wildman–Crippen MR) is 84.3 cm³/mol. The highest BCUT2D eigenvalue weighted by Crippen LogP contribution is 2.23. The Kier molecular flexibility index (Phi) is 5.00. The van der Waals surface area contributed by atoms with Crippen molar-refractivity contribution in [2.45, 2.75) is 26.4 Å². The third-order valence-electron chi connectivity index (χ3n) is 3.48. The summed E-state index contributed by atoms with van der Waals surface area (Å²) in [5.41, 5.74) is 2.35. The first-order valence-electron chi connectivity index (χ1n) is 6.78. The Labute approximate surface area is 128 Å². The molecule has 1 aromatic carbocycles. The minimum Gasteiger partial charge on any atom is -0.350 e. The highest BCUT2D eigenvalue weighted by atomic mass is 79.9. The molecule has 108 valence electrons. The molecule has 4 heteroatoms. The van der Waals surface area contributed by atoms with Gasteiger partial charge in [0.05, 0.1) is 0 Å². The van der Waals surface area contributed by atoms with Gasteiger partial charge in [-0.2, -0.15) is 0 Å². The Bertz CT molecular complexity index is 578. The number of aromatic nitrogens is 1. The molecule has 20 heavy (non-hydrogen) atoms. The molecule has 0 saturated carbocycles. The van der Waals surface area contributed by atoms with Crippen LogP contribution in [0.4, 0.5) is 4.39 Å². The number of halogens is 2.